The fourth-order valence-electron chi connectivity index (χ4n) is 5.08. The van der Waals surface area contributed by atoms with Gasteiger partial charge in [0.15, 0.2) is 17.5 Å². The number of halogens is 1. The van der Waals surface area contributed by atoms with Gasteiger partial charge >= 0.3 is 6.03 Å². The molecule has 2 saturated heterocycles. The highest BCUT2D eigenvalue weighted by Gasteiger charge is 2.60. The Labute approximate surface area is 179 Å². The molecule has 4 heterocycles. The number of anilines is 1. The molecule has 2 aliphatic heterocycles. The number of carbonyl (C=O) groups excluding carboxylic acids is 1. The molecule has 2 bridgehead atoms. The number of aromatic nitrogens is 4. The van der Waals surface area contributed by atoms with Gasteiger partial charge in [0.25, 0.3) is 0 Å². The smallest absolute Gasteiger partial charge is 0.308 e. The van der Waals surface area contributed by atoms with Gasteiger partial charge in [-0.2, -0.15) is 0 Å². The Kier molecular flexibility index (Phi) is 4.64. The predicted molar refractivity (Wildman–Crippen MR) is 114 cm³/mol. The minimum Gasteiger partial charge on any atom is -0.308 e. The first kappa shape index (κ1) is 19.5. The molecular formula is C23H23FN6O. The summed E-state index contributed by atoms with van der Waals surface area (Å²) in [7, 11) is 0. The number of hydrogen-bond acceptors (Lipinski definition) is 5. The zero-order valence-corrected chi connectivity index (χ0v) is 17.4. The summed E-state index contributed by atoms with van der Waals surface area (Å²) in [5.74, 6) is 1.14. The molecule has 0 radical (unpaired) electrons. The van der Waals surface area contributed by atoms with E-state index in [0.717, 1.165) is 42.8 Å². The van der Waals surface area contributed by atoms with Crippen LogP contribution < -0.4 is 5.32 Å². The normalized spacial score (nSPS) is 24.4. The second-order valence-electron chi connectivity index (χ2n) is 8.56. The van der Waals surface area contributed by atoms with Gasteiger partial charge in [-0.25, -0.2) is 29.1 Å². The van der Waals surface area contributed by atoms with Crippen LogP contribution in [0.4, 0.5) is 14.9 Å². The van der Waals surface area contributed by atoms with Gasteiger partial charge < -0.3 is 10.2 Å². The molecule has 31 heavy (non-hydrogen) atoms. The molecule has 3 atom stereocenters. The highest BCUT2D eigenvalue weighted by molar-refractivity contribution is 5.92. The van der Waals surface area contributed by atoms with E-state index < -0.39 is 11.4 Å². The Balaban J connectivity index is 1.42. The van der Waals surface area contributed by atoms with Crippen LogP contribution in [-0.4, -0.2) is 36.9 Å². The molecule has 2 amide bonds. The Morgan fingerprint density at radius 3 is 2.65 bits per heavy atom. The number of piperidine rings is 1. The topological polar surface area (TPSA) is 83.9 Å². The molecule has 2 fully saturated rings. The summed E-state index contributed by atoms with van der Waals surface area (Å²) in [6.45, 7) is 4.14. The monoisotopic (exact) mass is 418 g/mol. The molecule has 0 spiro atoms. The summed E-state index contributed by atoms with van der Waals surface area (Å²) in [6, 6.07) is 7.38. The SMILES string of the molecule is Cc1ccc(NC(=O)N2[C@H]3C[C@@H](C)C[C@]2(c2ncccn2)C3)cc1-c1ncc(F)cn1. The van der Waals surface area contributed by atoms with Crippen molar-refractivity contribution in [3.05, 3.63) is 66.3 Å². The number of aryl methyl sites for hydroxylation is 1. The van der Waals surface area contributed by atoms with E-state index in [2.05, 4.69) is 32.2 Å². The Hall–Kier alpha value is -3.42. The highest BCUT2D eigenvalue weighted by Crippen LogP contribution is 2.54. The first-order valence-electron chi connectivity index (χ1n) is 10.4. The molecule has 0 unspecified atom stereocenters. The lowest BCUT2D eigenvalue weighted by molar-refractivity contribution is -0.100. The van der Waals surface area contributed by atoms with Gasteiger partial charge in [0.2, 0.25) is 0 Å². The van der Waals surface area contributed by atoms with Crippen molar-refractivity contribution in [2.24, 2.45) is 5.92 Å². The van der Waals surface area contributed by atoms with Crippen LogP contribution in [0.25, 0.3) is 11.4 Å². The van der Waals surface area contributed by atoms with Crippen molar-refractivity contribution in [3.63, 3.8) is 0 Å². The van der Waals surface area contributed by atoms with Crippen molar-refractivity contribution in [3.8, 4) is 11.4 Å². The summed E-state index contributed by atoms with van der Waals surface area (Å²) in [5, 5.41) is 3.03. The van der Waals surface area contributed by atoms with E-state index >= 15 is 0 Å². The third kappa shape index (κ3) is 3.32. The van der Waals surface area contributed by atoms with Crippen LogP contribution in [0.2, 0.25) is 0 Å². The fourth-order valence-corrected chi connectivity index (χ4v) is 5.08. The molecule has 2 aliphatic rings. The molecule has 1 N–H and O–H groups in total. The van der Waals surface area contributed by atoms with Crippen molar-refractivity contribution in [1.29, 1.82) is 0 Å². The Morgan fingerprint density at radius 2 is 1.90 bits per heavy atom. The minimum absolute atomic E-state index is 0.162. The summed E-state index contributed by atoms with van der Waals surface area (Å²) in [6.07, 6.45) is 8.45. The average molecular weight is 418 g/mol. The van der Waals surface area contributed by atoms with Crippen molar-refractivity contribution in [1.82, 2.24) is 24.8 Å². The van der Waals surface area contributed by atoms with Gasteiger partial charge in [-0.1, -0.05) is 13.0 Å². The molecule has 1 aromatic carbocycles. The Bertz CT molecular complexity index is 1120. The maximum absolute atomic E-state index is 13.3. The number of rotatable bonds is 3. The van der Waals surface area contributed by atoms with Crippen LogP contribution in [0, 0.1) is 18.7 Å². The van der Waals surface area contributed by atoms with Crippen LogP contribution in [-0.2, 0) is 5.54 Å². The maximum atomic E-state index is 13.3. The summed E-state index contributed by atoms with van der Waals surface area (Å²) in [4.78, 5) is 32.4. The standard InChI is InChI=1S/C23H23FN6O/c1-14-8-18-11-23(10-14,21-25-6-3-7-26-21)30(18)22(31)29-17-5-4-15(2)19(9-17)20-27-12-16(24)13-28-20/h3-7,9,12-14,18H,8,10-11H2,1-2H3,(H,29,31)/t14-,18+,23-/m1/s1. The number of carbonyl (C=O) groups is 1. The molecule has 2 aromatic heterocycles. The molecule has 5 rings (SSSR count). The summed E-state index contributed by atoms with van der Waals surface area (Å²) in [5.41, 5.74) is 1.87. The Morgan fingerprint density at radius 1 is 1.16 bits per heavy atom. The number of urea groups is 1. The van der Waals surface area contributed by atoms with Crippen LogP contribution in [0.15, 0.2) is 49.1 Å². The lowest BCUT2D eigenvalue weighted by atomic mass is 9.64. The van der Waals surface area contributed by atoms with Crippen molar-refractivity contribution in [2.45, 2.75) is 44.7 Å². The van der Waals surface area contributed by atoms with Crippen molar-refractivity contribution in [2.75, 3.05) is 5.32 Å². The number of hydrogen-bond donors (Lipinski definition) is 1. The van der Waals surface area contributed by atoms with Gasteiger partial charge in [-0.05, 0) is 55.9 Å². The zero-order chi connectivity index (χ0) is 21.6. The van der Waals surface area contributed by atoms with E-state index in [1.165, 1.54) is 0 Å². The molecule has 8 heteroatoms. The average Bonchev–Trinajstić information content (AvgIpc) is 2.76. The van der Waals surface area contributed by atoms with Crippen LogP contribution in [0.1, 0.15) is 37.6 Å². The van der Waals surface area contributed by atoms with Gasteiger partial charge in [-0.15, -0.1) is 0 Å². The number of fused-ring (bicyclic) bond motifs is 2. The first-order chi connectivity index (χ1) is 15.0. The summed E-state index contributed by atoms with van der Waals surface area (Å²) < 4.78 is 13.2. The maximum Gasteiger partial charge on any atom is 0.322 e. The van der Waals surface area contributed by atoms with E-state index in [9.17, 15) is 9.18 Å². The lowest BCUT2D eigenvalue weighted by Gasteiger charge is -2.62. The minimum atomic E-state index is -0.488. The lowest BCUT2D eigenvalue weighted by Crippen LogP contribution is -2.70. The largest absolute Gasteiger partial charge is 0.322 e. The van der Waals surface area contributed by atoms with Crippen LogP contribution in [0.5, 0.6) is 0 Å². The van der Waals surface area contributed by atoms with Crippen molar-refractivity contribution < 1.29 is 9.18 Å². The zero-order valence-electron chi connectivity index (χ0n) is 17.4. The van der Waals surface area contributed by atoms with Crippen LogP contribution in [0.3, 0.4) is 0 Å². The van der Waals surface area contributed by atoms with Crippen LogP contribution >= 0.6 is 0 Å². The number of nitrogens with zero attached hydrogens (tertiary/aromatic N) is 5. The van der Waals surface area contributed by atoms with Crippen molar-refractivity contribution >= 4 is 11.7 Å². The fraction of sp³-hybridized carbons (Fsp3) is 0.348. The second-order valence-corrected chi connectivity index (χ2v) is 8.56. The number of amides is 2. The van der Waals surface area contributed by atoms with E-state index in [-0.39, 0.29) is 12.1 Å². The number of benzene rings is 1. The third-order valence-corrected chi connectivity index (χ3v) is 6.31. The molecule has 3 aromatic rings. The van der Waals surface area contributed by atoms with Gasteiger partial charge in [0.05, 0.1) is 12.4 Å². The number of nitrogens with one attached hydrogen (secondary N) is 1. The van der Waals surface area contributed by atoms with E-state index in [1.807, 2.05) is 30.0 Å². The third-order valence-electron chi connectivity index (χ3n) is 6.31. The second kappa shape index (κ2) is 7.37. The summed E-state index contributed by atoms with van der Waals surface area (Å²) >= 11 is 0. The van der Waals surface area contributed by atoms with E-state index in [0.29, 0.717) is 23.3 Å². The molecule has 0 saturated carbocycles. The molecule has 0 aliphatic carbocycles. The quantitative estimate of drug-likeness (QED) is 0.685. The predicted octanol–water partition coefficient (Wildman–Crippen LogP) is 4.31. The molecule has 158 valence electrons. The van der Waals surface area contributed by atoms with Gasteiger partial charge in [0, 0.05) is 29.7 Å². The van der Waals surface area contributed by atoms with Gasteiger partial charge in [-0.3, -0.25) is 0 Å². The molecular weight excluding hydrogens is 395 g/mol. The van der Waals surface area contributed by atoms with Gasteiger partial charge in [0.1, 0.15) is 5.54 Å². The van der Waals surface area contributed by atoms with E-state index in [1.54, 1.807) is 18.5 Å². The highest BCUT2D eigenvalue weighted by atomic mass is 19.1. The first-order valence-corrected chi connectivity index (χ1v) is 10.4. The van der Waals surface area contributed by atoms with E-state index in [4.69, 9.17) is 0 Å². The molecule has 7 nitrogen and oxygen atoms in total.